The van der Waals surface area contributed by atoms with Gasteiger partial charge in [-0.05, 0) is 67.8 Å². The smallest absolute Gasteiger partial charge is 0.406 e. The molecule has 5 rings (SSSR count). The predicted octanol–water partition coefficient (Wildman–Crippen LogP) is 4.94. The normalized spacial score (nSPS) is 17.5. The standard InChI is InChI=1S/C23H18F3N3O3/c1-14-2-7-19-18(12-14)15(8-11-27-19)13-28-21(31)29(20(30)22(28)9-10-22)16-3-5-17(6-4-16)32-23(24,25)26/h2-8,11-12H,9-10,13H2,1H3. The average Bonchev–Trinajstić information content (AvgIpc) is 3.50. The molecule has 1 aliphatic carbocycles. The van der Waals surface area contributed by atoms with Gasteiger partial charge in [0.05, 0.1) is 11.2 Å². The van der Waals surface area contributed by atoms with Crippen LogP contribution in [0, 0.1) is 6.92 Å². The number of nitrogens with zero attached hydrogens (tertiary/aromatic N) is 3. The minimum Gasteiger partial charge on any atom is -0.406 e. The Kier molecular flexibility index (Phi) is 4.40. The number of urea groups is 1. The van der Waals surface area contributed by atoms with Gasteiger partial charge in [0.1, 0.15) is 11.3 Å². The molecule has 1 saturated heterocycles. The predicted molar refractivity (Wildman–Crippen MR) is 110 cm³/mol. The number of rotatable bonds is 4. The first-order valence-corrected chi connectivity index (χ1v) is 10.0. The van der Waals surface area contributed by atoms with Crippen molar-refractivity contribution in [3.05, 3.63) is 65.9 Å². The number of hydrogen-bond acceptors (Lipinski definition) is 4. The van der Waals surface area contributed by atoms with Gasteiger partial charge in [-0.1, -0.05) is 11.6 Å². The highest BCUT2D eigenvalue weighted by atomic mass is 19.4. The van der Waals surface area contributed by atoms with Crippen LogP contribution in [-0.2, 0) is 11.3 Å². The van der Waals surface area contributed by atoms with Gasteiger partial charge >= 0.3 is 12.4 Å². The molecule has 32 heavy (non-hydrogen) atoms. The molecule has 2 fully saturated rings. The molecule has 3 aromatic rings. The van der Waals surface area contributed by atoms with E-state index in [1.807, 2.05) is 31.2 Å². The Morgan fingerprint density at radius 3 is 2.44 bits per heavy atom. The highest BCUT2D eigenvalue weighted by molar-refractivity contribution is 6.24. The highest BCUT2D eigenvalue weighted by Crippen LogP contribution is 2.50. The Morgan fingerprint density at radius 2 is 1.78 bits per heavy atom. The summed E-state index contributed by atoms with van der Waals surface area (Å²) >= 11 is 0. The van der Waals surface area contributed by atoms with E-state index in [0.717, 1.165) is 39.1 Å². The third-order valence-corrected chi connectivity index (χ3v) is 5.91. The van der Waals surface area contributed by atoms with Crippen molar-refractivity contribution >= 4 is 28.5 Å². The van der Waals surface area contributed by atoms with Crippen LogP contribution in [0.15, 0.2) is 54.7 Å². The Labute approximate surface area is 181 Å². The number of benzene rings is 2. The third-order valence-electron chi connectivity index (χ3n) is 5.91. The molecular formula is C23H18F3N3O3. The molecule has 0 unspecified atom stereocenters. The fraction of sp³-hybridized carbons (Fsp3) is 0.261. The molecule has 1 aliphatic heterocycles. The second-order valence-corrected chi connectivity index (χ2v) is 8.07. The third kappa shape index (κ3) is 3.34. The lowest BCUT2D eigenvalue weighted by molar-refractivity contribution is -0.274. The number of pyridine rings is 1. The quantitative estimate of drug-likeness (QED) is 0.538. The van der Waals surface area contributed by atoms with Crippen molar-refractivity contribution in [3.63, 3.8) is 0 Å². The highest BCUT2D eigenvalue weighted by Gasteiger charge is 2.65. The molecule has 2 aliphatic rings. The molecule has 2 heterocycles. The number of ether oxygens (including phenoxy) is 1. The maximum absolute atomic E-state index is 13.3. The van der Waals surface area contributed by atoms with Gasteiger partial charge in [-0.3, -0.25) is 9.78 Å². The van der Waals surface area contributed by atoms with E-state index in [2.05, 4.69) is 9.72 Å². The second kappa shape index (κ2) is 6.94. The molecule has 1 aromatic heterocycles. The van der Waals surface area contributed by atoms with Crippen molar-refractivity contribution in [1.29, 1.82) is 0 Å². The largest absolute Gasteiger partial charge is 0.573 e. The molecule has 2 aromatic carbocycles. The number of fused-ring (bicyclic) bond motifs is 1. The number of carbonyl (C=O) groups is 2. The van der Waals surface area contributed by atoms with Crippen LogP contribution >= 0.6 is 0 Å². The molecular weight excluding hydrogens is 423 g/mol. The SMILES string of the molecule is Cc1ccc2nccc(CN3C(=O)N(c4ccc(OC(F)(F)F)cc4)C(=O)C34CC4)c2c1. The number of hydrogen-bond donors (Lipinski definition) is 0. The summed E-state index contributed by atoms with van der Waals surface area (Å²) in [4.78, 5) is 33.4. The zero-order chi connectivity index (χ0) is 22.7. The second-order valence-electron chi connectivity index (χ2n) is 8.07. The lowest BCUT2D eigenvalue weighted by Gasteiger charge is -2.22. The lowest BCUT2D eigenvalue weighted by atomic mass is 10.1. The topological polar surface area (TPSA) is 62.7 Å². The van der Waals surface area contributed by atoms with Crippen molar-refractivity contribution in [1.82, 2.24) is 9.88 Å². The summed E-state index contributed by atoms with van der Waals surface area (Å²) in [5.41, 5.74) is 2.03. The number of imide groups is 1. The maximum atomic E-state index is 13.3. The van der Waals surface area contributed by atoms with Crippen LogP contribution in [0.4, 0.5) is 23.7 Å². The number of amides is 3. The van der Waals surface area contributed by atoms with E-state index in [1.165, 1.54) is 12.1 Å². The Bertz CT molecular complexity index is 1240. The van der Waals surface area contributed by atoms with Crippen LogP contribution in [0.3, 0.4) is 0 Å². The molecule has 164 valence electrons. The maximum Gasteiger partial charge on any atom is 0.573 e. The van der Waals surface area contributed by atoms with Gasteiger partial charge in [0.15, 0.2) is 0 Å². The summed E-state index contributed by atoms with van der Waals surface area (Å²) in [6.45, 7) is 2.20. The van der Waals surface area contributed by atoms with E-state index in [1.54, 1.807) is 11.1 Å². The molecule has 1 saturated carbocycles. The molecule has 9 heteroatoms. The van der Waals surface area contributed by atoms with Crippen molar-refractivity contribution in [2.45, 2.75) is 38.2 Å². The number of halogens is 3. The summed E-state index contributed by atoms with van der Waals surface area (Å²) < 4.78 is 41.1. The number of aromatic nitrogens is 1. The first-order valence-electron chi connectivity index (χ1n) is 10.0. The Morgan fingerprint density at radius 1 is 1.06 bits per heavy atom. The van der Waals surface area contributed by atoms with Gasteiger partial charge in [-0.2, -0.15) is 0 Å². The van der Waals surface area contributed by atoms with Gasteiger partial charge in [0.2, 0.25) is 0 Å². The van der Waals surface area contributed by atoms with Gasteiger partial charge in [0, 0.05) is 18.1 Å². The van der Waals surface area contributed by atoms with Crippen molar-refractivity contribution in [3.8, 4) is 5.75 Å². The molecule has 3 amide bonds. The summed E-state index contributed by atoms with van der Waals surface area (Å²) in [6.07, 6.45) is -2.05. The monoisotopic (exact) mass is 441 g/mol. The molecule has 0 radical (unpaired) electrons. The van der Waals surface area contributed by atoms with E-state index in [0.29, 0.717) is 12.8 Å². The first-order chi connectivity index (χ1) is 15.2. The Hall–Kier alpha value is -3.62. The summed E-state index contributed by atoms with van der Waals surface area (Å²) in [6, 6.07) is 11.9. The zero-order valence-corrected chi connectivity index (χ0v) is 17.0. The van der Waals surface area contributed by atoms with E-state index in [9.17, 15) is 22.8 Å². The van der Waals surface area contributed by atoms with Crippen LogP contribution < -0.4 is 9.64 Å². The van der Waals surface area contributed by atoms with E-state index < -0.39 is 23.7 Å². The van der Waals surface area contributed by atoms with Crippen molar-refractivity contribution in [2.75, 3.05) is 4.90 Å². The van der Waals surface area contributed by atoms with Crippen LogP contribution in [0.1, 0.15) is 24.0 Å². The number of carbonyl (C=O) groups excluding carboxylic acids is 2. The van der Waals surface area contributed by atoms with Gasteiger partial charge in [-0.15, -0.1) is 13.2 Å². The summed E-state index contributed by atoms with van der Waals surface area (Å²) in [7, 11) is 0. The minimum atomic E-state index is -4.82. The van der Waals surface area contributed by atoms with Crippen molar-refractivity contribution < 1.29 is 27.5 Å². The fourth-order valence-electron chi connectivity index (χ4n) is 4.19. The fourth-order valence-corrected chi connectivity index (χ4v) is 4.19. The average molecular weight is 441 g/mol. The van der Waals surface area contributed by atoms with Crippen LogP contribution in [-0.4, -0.2) is 33.7 Å². The van der Waals surface area contributed by atoms with Gasteiger partial charge < -0.3 is 9.64 Å². The van der Waals surface area contributed by atoms with E-state index in [-0.39, 0.29) is 18.1 Å². The van der Waals surface area contributed by atoms with Crippen LogP contribution in [0.2, 0.25) is 0 Å². The number of aryl methyl sites for hydroxylation is 1. The zero-order valence-electron chi connectivity index (χ0n) is 17.0. The summed E-state index contributed by atoms with van der Waals surface area (Å²) in [5, 5.41) is 0.913. The molecule has 6 nitrogen and oxygen atoms in total. The van der Waals surface area contributed by atoms with Crippen LogP contribution in [0.25, 0.3) is 10.9 Å². The van der Waals surface area contributed by atoms with Crippen LogP contribution in [0.5, 0.6) is 5.75 Å². The molecule has 0 N–H and O–H groups in total. The van der Waals surface area contributed by atoms with Gasteiger partial charge in [-0.25, -0.2) is 9.69 Å². The Balaban J connectivity index is 1.46. The number of anilines is 1. The van der Waals surface area contributed by atoms with E-state index >= 15 is 0 Å². The lowest BCUT2D eigenvalue weighted by Crippen LogP contribution is -2.36. The summed E-state index contributed by atoms with van der Waals surface area (Å²) in [5.74, 6) is -0.779. The molecule has 1 spiro atoms. The first kappa shape index (κ1) is 20.3. The molecule has 0 atom stereocenters. The van der Waals surface area contributed by atoms with Gasteiger partial charge in [0.25, 0.3) is 5.91 Å². The van der Waals surface area contributed by atoms with Crippen molar-refractivity contribution in [2.24, 2.45) is 0 Å². The number of alkyl halides is 3. The van der Waals surface area contributed by atoms with E-state index in [4.69, 9.17) is 0 Å². The molecule has 0 bridgehead atoms. The minimum absolute atomic E-state index is 0.207.